The van der Waals surface area contributed by atoms with E-state index in [0.29, 0.717) is 12.5 Å². The summed E-state index contributed by atoms with van der Waals surface area (Å²) < 4.78 is 0. The molecule has 0 spiro atoms. The van der Waals surface area contributed by atoms with Gasteiger partial charge in [-0.2, -0.15) is 0 Å². The van der Waals surface area contributed by atoms with E-state index >= 15 is 0 Å². The van der Waals surface area contributed by atoms with Crippen LogP contribution in [0.1, 0.15) is 37.0 Å². The molecule has 4 heteroatoms. The van der Waals surface area contributed by atoms with Crippen molar-refractivity contribution >= 4 is 17.2 Å². The van der Waals surface area contributed by atoms with E-state index in [-0.39, 0.29) is 12.0 Å². The number of thiophene rings is 1. The van der Waals surface area contributed by atoms with Gasteiger partial charge in [0, 0.05) is 24.4 Å². The van der Waals surface area contributed by atoms with Crippen LogP contribution in [0.25, 0.3) is 0 Å². The molecule has 0 atom stereocenters. The Morgan fingerprint density at radius 2 is 2.17 bits per heavy atom. The maximum absolute atomic E-state index is 12.1. The van der Waals surface area contributed by atoms with Crippen molar-refractivity contribution in [3.63, 3.8) is 0 Å². The molecule has 0 aromatic carbocycles. The Hall–Kier alpha value is -0.870. The third-order valence-corrected chi connectivity index (χ3v) is 4.71. The third kappa shape index (κ3) is 3.56. The maximum Gasteiger partial charge on any atom is 0.222 e. The molecule has 100 valence electrons. The second-order valence-corrected chi connectivity index (χ2v) is 6.08. The quantitative estimate of drug-likeness (QED) is 0.910. The number of aryl methyl sites for hydroxylation is 1. The molecule has 1 aliphatic rings. The first-order chi connectivity index (χ1) is 8.66. The van der Waals surface area contributed by atoms with Gasteiger partial charge in [-0.1, -0.05) is 6.07 Å². The SMILES string of the molecule is CN(C(=O)CCc1cccs1)C1CCC(O)CC1. The van der Waals surface area contributed by atoms with E-state index in [9.17, 15) is 9.90 Å². The van der Waals surface area contributed by atoms with Gasteiger partial charge in [0.2, 0.25) is 5.91 Å². The molecule has 0 unspecified atom stereocenters. The van der Waals surface area contributed by atoms with E-state index in [0.717, 1.165) is 32.1 Å². The first-order valence-corrected chi connectivity index (χ1v) is 7.51. The molecular weight excluding hydrogens is 246 g/mol. The van der Waals surface area contributed by atoms with Crippen LogP contribution in [0.3, 0.4) is 0 Å². The highest BCUT2D eigenvalue weighted by atomic mass is 32.1. The van der Waals surface area contributed by atoms with E-state index in [1.165, 1.54) is 4.88 Å². The van der Waals surface area contributed by atoms with Gasteiger partial charge in [0.15, 0.2) is 0 Å². The summed E-state index contributed by atoms with van der Waals surface area (Å²) in [6.07, 6.45) is 4.80. The first-order valence-electron chi connectivity index (χ1n) is 6.63. The van der Waals surface area contributed by atoms with E-state index in [4.69, 9.17) is 0 Å². The van der Waals surface area contributed by atoms with Gasteiger partial charge in [0.05, 0.1) is 6.10 Å². The zero-order valence-electron chi connectivity index (χ0n) is 10.8. The second kappa shape index (κ2) is 6.34. The Balaban J connectivity index is 1.77. The number of aliphatic hydroxyl groups is 1. The molecule has 0 bridgehead atoms. The van der Waals surface area contributed by atoms with Crippen LogP contribution in [-0.4, -0.2) is 35.1 Å². The molecule has 1 heterocycles. The summed E-state index contributed by atoms with van der Waals surface area (Å²) in [5.74, 6) is 0.227. The van der Waals surface area contributed by atoms with Crippen LogP contribution in [0.2, 0.25) is 0 Å². The summed E-state index contributed by atoms with van der Waals surface area (Å²) in [6.45, 7) is 0. The fraction of sp³-hybridized carbons (Fsp3) is 0.643. The largest absolute Gasteiger partial charge is 0.393 e. The molecule has 1 N–H and O–H groups in total. The number of hydrogen-bond donors (Lipinski definition) is 1. The maximum atomic E-state index is 12.1. The molecule has 1 aromatic heterocycles. The van der Waals surface area contributed by atoms with Crippen molar-refractivity contribution in [2.45, 2.75) is 50.7 Å². The van der Waals surface area contributed by atoms with Crippen LogP contribution in [-0.2, 0) is 11.2 Å². The molecule has 1 saturated carbocycles. The summed E-state index contributed by atoms with van der Waals surface area (Å²) in [4.78, 5) is 15.2. The zero-order chi connectivity index (χ0) is 13.0. The fourth-order valence-electron chi connectivity index (χ4n) is 2.51. The number of nitrogens with zero attached hydrogens (tertiary/aromatic N) is 1. The van der Waals surface area contributed by atoms with Gasteiger partial charge >= 0.3 is 0 Å². The molecule has 1 aliphatic carbocycles. The van der Waals surface area contributed by atoms with Crippen LogP contribution in [0.15, 0.2) is 17.5 Å². The Bertz CT molecular complexity index is 369. The molecule has 2 rings (SSSR count). The minimum Gasteiger partial charge on any atom is -0.393 e. The molecule has 3 nitrogen and oxygen atoms in total. The molecule has 18 heavy (non-hydrogen) atoms. The monoisotopic (exact) mass is 267 g/mol. The average molecular weight is 267 g/mol. The Kier molecular flexibility index (Phi) is 4.78. The van der Waals surface area contributed by atoms with E-state index in [1.54, 1.807) is 11.3 Å². The van der Waals surface area contributed by atoms with Gasteiger partial charge in [-0.3, -0.25) is 4.79 Å². The minimum absolute atomic E-state index is 0.157. The van der Waals surface area contributed by atoms with Crippen molar-refractivity contribution in [3.05, 3.63) is 22.4 Å². The van der Waals surface area contributed by atoms with Crippen molar-refractivity contribution in [2.24, 2.45) is 0 Å². The van der Waals surface area contributed by atoms with Crippen LogP contribution in [0.5, 0.6) is 0 Å². The Labute approximate surface area is 112 Å². The van der Waals surface area contributed by atoms with Crippen molar-refractivity contribution in [1.29, 1.82) is 0 Å². The summed E-state index contributed by atoms with van der Waals surface area (Å²) in [5, 5.41) is 11.5. The molecule has 1 amide bonds. The lowest BCUT2D eigenvalue weighted by molar-refractivity contribution is -0.132. The molecule has 0 saturated heterocycles. The lowest BCUT2D eigenvalue weighted by atomic mass is 9.92. The van der Waals surface area contributed by atoms with Crippen molar-refractivity contribution in [3.8, 4) is 0 Å². The number of rotatable bonds is 4. The first kappa shape index (κ1) is 13.6. The van der Waals surface area contributed by atoms with Crippen LogP contribution in [0.4, 0.5) is 0 Å². The lowest BCUT2D eigenvalue weighted by Gasteiger charge is -2.33. The van der Waals surface area contributed by atoms with Crippen molar-refractivity contribution in [2.75, 3.05) is 7.05 Å². The highest BCUT2D eigenvalue weighted by Crippen LogP contribution is 2.23. The van der Waals surface area contributed by atoms with Gasteiger partial charge in [-0.15, -0.1) is 11.3 Å². The summed E-state index contributed by atoms with van der Waals surface area (Å²) >= 11 is 1.71. The zero-order valence-corrected chi connectivity index (χ0v) is 11.7. The van der Waals surface area contributed by atoms with E-state index in [2.05, 4.69) is 6.07 Å². The standard InChI is InChI=1S/C14H21NO2S/c1-15(11-4-6-12(16)7-5-11)14(17)9-8-13-3-2-10-18-13/h2-3,10-12,16H,4-9H2,1H3. The molecular formula is C14H21NO2S. The second-order valence-electron chi connectivity index (χ2n) is 5.05. The van der Waals surface area contributed by atoms with Crippen LogP contribution < -0.4 is 0 Å². The Morgan fingerprint density at radius 1 is 1.44 bits per heavy atom. The molecule has 1 fully saturated rings. The summed E-state index contributed by atoms with van der Waals surface area (Å²) in [7, 11) is 1.90. The summed E-state index contributed by atoms with van der Waals surface area (Å²) in [6, 6.07) is 4.43. The number of amides is 1. The molecule has 0 aliphatic heterocycles. The van der Waals surface area contributed by atoms with Crippen LogP contribution in [0, 0.1) is 0 Å². The predicted octanol–water partition coefficient (Wildman–Crippen LogP) is 2.44. The average Bonchev–Trinajstić information content (AvgIpc) is 2.89. The van der Waals surface area contributed by atoms with Gasteiger partial charge < -0.3 is 10.0 Å². The van der Waals surface area contributed by atoms with Crippen LogP contribution >= 0.6 is 11.3 Å². The van der Waals surface area contributed by atoms with Gasteiger partial charge in [-0.25, -0.2) is 0 Å². The fourth-order valence-corrected chi connectivity index (χ4v) is 3.22. The number of aliphatic hydroxyl groups excluding tert-OH is 1. The number of carbonyl (C=O) groups is 1. The predicted molar refractivity (Wildman–Crippen MR) is 73.7 cm³/mol. The normalized spacial score (nSPS) is 23.9. The minimum atomic E-state index is -0.157. The van der Waals surface area contributed by atoms with E-state index in [1.807, 2.05) is 23.4 Å². The van der Waals surface area contributed by atoms with Gasteiger partial charge in [0.1, 0.15) is 0 Å². The third-order valence-electron chi connectivity index (χ3n) is 3.77. The molecule has 0 radical (unpaired) electrons. The highest BCUT2D eigenvalue weighted by molar-refractivity contribution is 7.09. The lowest BCUT2D eigenvalue weighted by Crippen LogP contribution is -2.40. The Morgan fingerprint density at radius 3 is 2.78 bits per heavy atom. The topological polar surface area (TPSA) is 40.5 Å². The smallest absolute Gasteiger partial charge is 0.222 e. The van der Waals surface area contributed by atoms with Gasteiger partial charge in [-0.05, 0) is 43.6 Å². The highest BCUT2D eigenvalue weighted by Gasteiger charge is 2.25. The van der Waals surface area contributed by atoms with Gasteiger partial charge in [0.25, 0.3) is 0 Å². The van der Waals surface area contributed by atoms with Crippen molar-refractivity contribution < 1.29 is 9.90 Å². The number of carbonyl (C=O) groups excluding carboxylic acids is 1. The summed E-state index contributed by atoms with van der Waals surface area (Å²) in [5.41, 5.74) is 0. The molecule has 1 aromatic rings. The number of hydrogen-bond acceptors (Lipinski definition) is 3. The van der Waals surface area contributed by atoms with E-state index < -0.39 is 0 Å². The van der Waals surface area contributed by atoms with Crippen molar-refractivity contribution in [1.82, 2.24) is 4.90 Å².